The van der Waals surface area contributed by atoms with E-state index in [4.69, 9.17) is 5.73 Å². The molecule has 0 fully saturated rings. The molecule has 1 aliphatic rings. The molecular formula is C20H21F2N3O. The molecule has 1 aromatic heterocycles. The van der Waals surface area contributed by atoms with Crippen molar-refractivity contribution in [1.29, 1.82) is 0 Å². The number of hydrogen-bond acceptors (Lipinski definition) is 3. The Morgan fingerprint density at radius 3 is 2.69 bits per heavy atom. The van der Waals surface area contributed by atoms with Crippen LogP contribution < -0.4 is 11.1 Å². The predicted octanol–water partition coefficient (Wildman–Crippen LogP) is 3.99. The number of fused-ring (bicyclic) bond motifs is 2. The van der Waals surface area contributed by atoms with E-state index in [2.05, 4.69) is 10.3 Å². The van der Waals surface area contributed by atoms with Crippen LogP contribution in [0.5, 0.6) is 0 Å². The summed E-state index contributed by atoms with van der Waals surface area (Å²) in [6.45, 7) is 5.42. The topological polar surface area (TPSA) is 74.1 Å². The summed E-state index contributed by atoms with van der Waals surface area (Å²) < 4.78 is 30.4. The lowest BCUT2D eigenvalue weighted by Crippen LogP contribution is -2.53. The van der Waals surface area contributed by atoms with E-state index in [1.54, 1.807) is 26.0 Å². The van der Waals surface area contributed by atoms with Crippen LogP contribution in [0.4, 0.5) is 14.5 Å². The zero-order valence-corrected chi connectivity index (χ0v) is 14.8. The Balaban J connectivity index is 2.00. The molecule has 136 valence electrons. The highest BCUT2D eigenvalue weighted by Crippen LogP contribution is 2.43. The maximum absolute atomic E-state index is 15.4. The number of nitrogens with one attached hydrogen (secondary N) is 2. The number of rotatable bonds is 1. The smallest absolute Gasteiger partial charge is 0.140 e. The van der Waals surface area contributed by atoms with Crippen LogP contribution in [0.1, 0.15) is 31.0 Å². The van der Waals surface area contributed by atoms with Crippen LogP contribution >= 0.6 is 0 Å². The molecule has 4 rings (SSSR count). The number of H-pyrrole nitrogens is 1. The highest BCUT2D eigenvalue weighted by molar-refractivity contribution is 5.96. The van der Waals surface area contributed by atoms with Gasteiger partial charge in [-0.15, -0.1) is 0 Å². The van der Waals surface area contributed by atoms with Gasteiger partial charge in [-0.1, -0.05) is 18.2 Å². The van der Waals surface area contributed by atoms with Gasteiger partial charge in [0.1, 0.15) is 11.6 Å². The summed E-state index contributed by atoms with van der Waals surface area (Å²) in [5.41, 5.74) is 7.67. The summed E-state index contributed by atoms with van der Waals surface area (Å²) >= 11 is 0. The first-order valence-corrected chi connectivity index (χ1v) is 8.53. The lowest BCUT2D eigenvalue weighted by Gasteiger charge is -2.42. The summed E-state index contributed by atoms with van der Waals surface area (Å²) in [5.74, 6) is -1.41. The molecule has 2 heterocycles. The number of aryl methyl sites for hydroxylation is 1. The van der Waals surface area contributed by atoms with Crippen molar-refractivity contribution in [2.45, 2.75) is 38.5 Å². The number of hydrogen-bond donors (Lipinski definition) is 4. The SMILES string of the molecule is Cc1c[nH]c2c(-c3c(F)cc4c(c3F)[C@H](N)[C@@H](O)C(C)(C)N4)cccc12. The quantitative estimate of drug-likeness (QED) is 0.532. The third-order valence-electron chi connectivity index (χ3n) is 5.32. The van der Waals surface area contributed by atoms with E-state index < -0.39 is 29.3 Å². The number of aliphatic hydroxyl groups excluding tert-OH is 1. The first-order valence-electron chi connectivity index (χ1n) is 8.53. The average Bonchev–Trinajstić information content (AvgIpc) is 2.94. The molecule has 4 nitrogen and oxygen atoms in total. The van der Waals surface area contributed by atoms with Crippen molar-refractivity contribution in [2.75, 3.05) is 5.32 Å². The van der Waals surface area contributed by atoms with Gasteiger partial charge in [-0.05, 0) is 32.4 Å². The van der Waals surface area contributed by atoms with Crippen molar-refractivity contribution >= 4 is 16.6 Å². The molecule has 0 bridgehead atoms. The Morgan fingerprint density at radius 1 is 1.23 bits per heavy atom. The van der Waals surface area contributed by atoms with Gasteiger partial charge < -0.3 is 21.1 Å². The molecule has 0 saturated heterocycles. The third kappa shape index (κ3) is 2.26. The maximum atomic E-state index is 15.4. The van der Waals surface area contributed by atoms with Crippen molar-refractivity contribution < 1.29 is 13.9 Å². The maximum Gasteiger partial charge on any atom is 0.140 e. The van der Waals surface area contributed by atoms with Crippen molar-refractivity contribution in [1.82, 2.24) is 4.98 Å². The molecule has 2 aromatic carbocycles. The molecule has 0 amide bonds. The number of para-hydroxylation sites is 1. The van der Waals surface area contributed by atoms with Gasteiger partial charge in [0.25, 0.3) is 0 Å². The largest absolute Gasteiger partial charge is 0.389 e. The number of aromatic nitrogens is 1. The first kappa shape index (κ1) is 17.0. The molecular weight excluding hydrogens is 336 g/mol. The molecule has 3 aromatic rings. The molecule has 0 saturated carbocycles. The Bertz CT molecular complexity index is 1030. The van der Waals surface area contributed by atoms with Crippen molar-refractivity contribution in [3.63, 3.8) is 0 Å². The Kier molecular flexibility index (Phi) is 3.61. The van der Waals surface area contributed by atoms with Crippen LogP contribution in [0.25, 0.3) is 22.0 Å². The fraction of sp³-hybridized carbons (Fsp3) is 0.300. The average molecular weight is 357 g/mol. The monoisotopic (exact) mass is 357 g/mol. The third-order valence-corrected chi connectivity index (χ3v) is 5.32. The van der Waals surface area contributed by atoms with E-state index in [9.17, 15) is 9.50 Å². The van der Waals surface area contributed by atoms with Gasteiger partial charge in [0, 0.05) is 28.4 Å². The van der Waals surface area contributed by atoms with E-state index in [1.165, 1.54) is 6.07 Å². The van der Waals surface area contributed by atoms with Crippen LogP contribution in [0, 0.1) is 18.6 Å². The van der Waals surface area contributed by atoms with Crippen LogP contribution in [-0.2, 0) is 0 Å². The Hall–Kier alpha value is -2.44. The van der Waals surface area contributed by atoms with Gasteiger partial charge in [-0.2, -0.15) is 0 Å². The summed E-state index contributed by atoms with van der Waals surface area (Å²) in [5, 5.41) is 14.3. The minimum Gasteiger partial charge on any atom is -0.389 e. The number of aromatic amines is 1. The molecule has 6 heteroatoms. The second-order valence-electron chi connectivity index (χ2n) is 7.53. The Morgan fingerprint density at radius 2 is 1.96 bits per heavy atom. The van der Waals surface area contributed by atoms with E-state index in [1.807, 2.05) is 19.2 Å². The van der Waals surface area contributed by atoms with Gasteiger partial charge in [0.15, 0.2) is 0 Å². The molecule has 26 heavy (non-hydrogen) atoms. The van der Waals surface area contributed by atoms with Gasteiger partial charge in [0.2, 0.25) is 0 Å². The first-order chi connectivity index (χ1) is 12.2. The molecule has 0 unspecified atom stereocenters. The second kappa shape index (κ2) is 5.53. The number of halogens is 2. The predicted molar refractivity (Wildman–Crippen MR) is 99.0 cm³/mol. The van der Waals surface area contributed by atoms with E-state index in [0.29, 0.717) is 11.1 Å². The minimum atomic E-state index is -1.01. The summed E-state index contributed by atoms with van der Waals surface area (Å²) in [6, 6.07) is 5.65. The normalized spacial score (nSPS) is 21.5. The molecule has 2 atom stereocenters. The van der Waals surface area contributed by atoms with Crippen LogP contribution in [0.3, 0.4) is 0 Å². The number of anilines is 1. The lowest BCUT2D eigenvalue weighted by atomic mass is 9.81. The van der Waals surface area contributed by atoms with Crippen LogP contribution in [0.2, 0.25) is 0 Å². The fourth-order valence-electron chi connectivity index (χ4n) is 3.84. The lowest BCUT2D eigenvalue weighted by molar-refractivity contribution is 0.0815. The highest BCUT2D eigenvalue weighted by atomic mass is 19.1. The molecule has 0 radical (unpaired) electrons. The Labute approximate surface area is 150 Å². The number of nitrogens with two attached hydrogens (primary N) is 1. The van der Waals surface area contributed by atoms with Gasteiger partial charge in [-0.3, -0.25) is 0 Å². The zero-order valence-electron chi connectivity index (χ0n) is 14.8. The summed E-state index contributed by atoms with van der Waals surface area (Å²) in [7, 11) is 0. The van der Waals surface area contributed by atoms with Crippen LogP contribution in [0.15, 0.2) is 30.5 Å². The van der Waals surface area contributed by atoms with Crippen molar-refractivity contribution in [3.05, 3.63) is 53.2 Å². The standard InChI is InChI=1S/C20H21F2N3O/c1-9-8-24-18-10(9)5-4-6-11(18)14-12(21)7-13-15(16(14)22)17(23)19(26)20(2,3)25-13/h4-8,17,19,24-26H,23H2,1-3H3/t17-,19+/m0/s1. The van der Waals surface area contributed by atoms with E-state index in [-0.39, 0.29) is 16.8 Å². The summed E-state index contributed by atoms with van der Waals surface area (Å²) in [6.07, 6.45) is 0.799. The van der Waals surface area contributed by atoms with Gasteiger partial charge in [-0.25, -0.2) is 8.78 Å². The molecule has 0 spiro atoms. The highest BCUT2D eigenvalue weighted by Gasteiger charge is 2.41. The molecule has 1 aliphatic heterocycles. The molecule has 5 N–H and O–H groups in total. The number of benzene rings is 2. The van der Waals surface area contributed by atoms with E-state index in [0.717, 1.165) is 10.9 Å². The fourth-order valence-corrected chi connectivity index (χ4v) is 3.84. The second-order valence-corrected chi connectivity index (χ2v) is 7.53. The van der Waals surface area contributed by atoms with Crippen LogP contribution in [-0.4, -0.2) is 21.7 Å². The summed E-state index contributed by atoms with van der Waals surface area (Å²) in [4.78, 5) is 3.09. The molecule has 0 aliphatic carbocycles. The minimum absolute atomic E-state index is 0.105. The zero-order chi connectivity index (χ0) is 18.8. The van der Waals surface area contributed by atoms with Gasteiger partial charge in [0.05, 0.1) is 28.8 Å². The van der Waals surface area contributed by atoms with E-state index >= 15 is 4.39 Å². The van der Waals surface area contributed by atoms with Gasteiger partial charge >= 0.3 is 0 Å². The number of aliphatic hydroxyl groups is 1. The van der Waals surface area contributed by atoms with Crippen molar-refractivity contribution in [3.8, 4) is 11.1 Å². The van der Waals surface area contributed by atoms with Crippen molar-refractivity contribution in [2.24, 2.45) is 5.73 Å².